The third-order valence-electron chi connectivity index (χ3n) is 3.81. The van der Waals surface area contributed by atoms with E-state index in [2.05, 4.69) is 29.5 Å². The number of halogens is 1. The van der Waals surface area contributed by atoms with E-state index in [0.29, 0.717) is 6.10 Å². The molecule has 0 radical (unpaired) electrons. The maximum absolute atomic E-state index is 5.64. The van der Waals surface area contributed by atoms with Crippen molar-refractivity contribution in [2.75, 3.05) is 40.0 Å². The van der Waals surface area contributed by atoms with Gasteiger partial charge in [-0.05, 0) is 31.6 Å². The second-order valence-electron chi connectivity index (χ2n) is 6.38. The van der Waals surface area contributed by atoms with Crippen LogP contribution >= 0.6 is 24.0 Å². The first-order chi connectivity index (χ1) is 10.7. The van der Waals surface area contributed by atoms with Gasteiger partial charge in [0.25, 0.3) is 0 Å². The minimum atomic E-state index is 0. The quantitative estimate of drug-likeness (QED) is 0.224. The normalized spacial score (nSPS) is 18.1. The van der Waals surface area contributed by atoms with Crippen molar-refractivity contribution in [1.82, 2.24) is 10.6 Å². The Kier molecular flexibility index (Phi) is 15.4. The molecule has 0 saturated carbocycles. The van der Waals surface area contributed by atoms with E-state index in [-0.39, 0.29) is 24.0 Å². The van der Waals surface area contributed by atoms with E-state index in [4.69, 9.17) is 9.47 Å². The number of hydrogen-bond acceptors (Lipinski definition) is 3. The average Bonchev–Trinajstić information content (AvgIpc) is 3.01. The first kappa shape index (κ1) is 22.9. The molecule has 1 heterocycles. The maximum atomic E-state index is 5.64. The molecule has 2 N–H and O–H groups in total. The molecule has 1 aliphatic heterocycles. The van der Waals surface area contributed by atoms with E-state index in [1.807, 2.05) is 7.05 Å². The number of nitrogens with one attached hydrogen (secondary N) is 2. The van der Waals surface area contributed by atoms with Gasteiger partial charge in [-0.1, -0.05) is 26.7 Å². The largest absolute Gasteiger partial charge is 0.379 e. The molecule has 0 aromatic heterocycles. The molecule has 1 fully saturated rings. The first-order valence-corrected chi connectivity index (χ1v) is 8.86. The van der Waals surface area contributed by atoms with Gasteiger partial charge >= 0.3 is 0 Å². The van der Waals surface area contributed by atoms with Crippen LogP contribution in [0.2, 0.25) is 0 Å². The molecule has 5 nitrogen and oxygen atoms in total. The van der Waals surface area contributed by atoms with Crippen LogP contribution in [0.5, 0.6) is 0 Å². The molecule has 1 aliphatic rings. The fourth-order valence-corrected chi connectivity index (χ4v) is 2.48. The zero-order valence-corrected chi connectivity index (χ0v) is 17.4. The van der Waals surface area contributed by atoms with Gasteiger partial charge < -0.3 is 20.1 Å². The lowest BCUT2D eigenvalue weighted by molar-refractivity contribution is 0.0168. The average molecular weight is 441 g/mol. The fraction of sp³-hybridized carbons (Fsp3) is 0.941. The smallest absolute Gasteiger partial charge is 0.190 e. The third kappa shape index (κ3) is 12.9. The Bertz CT molecular complexity index is 296. The molecule has 1 atom stereocenters. The van der Waals surface area contributed by atoms with Crippen LogP contribution in [0.3, 0.4) is 0 Å². The van der Waals surface area contributed by atoms with Gasteiger partial charge in [-0.2, -0.15) is 0 Å². The lowest BCUT2D eigenvalue weighted by atomic mass is 10.1. The Morgan fingerprint density at radius 1 is 1.22 bits per heavy atom. The Morgan fingerprint density at radius 2 is 1.96 bits per heavy atom. The molecule has 0 aromatic carbocycles. The van der Waals surface area contributed by atoms with Gasteiger partial charge in [0.2, 0.25) is 0 Å². The topological polar surface area (TPSA) is 54.9 Å². The van der Waals surface area contributed by atoms with Gasteiger partial charge in [-0.15, -0.1) is 24.0 Å². The first-order valence-electron chi connectivity index (χ1n) is 8.86. The third-order valence-corrected chi connectivity index (χ3v) is 3.81. The summed E-state index contributed by atoms with van der Waals surface area (Å²) < 4.78 is 11.2. The van der Waals surface area contributed by atoms with Crippen molar-refractivity contribution in [1.29, 1.82) is 0 Å². The molecule has 0 aromatic rings. The van der Waals surface area contributed by atoms with Crippen LogP contribution in [-0.4, -0.2) is 52.0 Å². The van der Waals surface area contributed by atoms with Crippen LogP contribution < -0.4 is 10.6 Å². The Morgan fingerprint density at radius 3 is 2.57 bits per heavy atom. The summed E-state index contributed by atoms with van der Waals surface area (Å²) in [4.78, 5) is 4.24. The van der Waals surface area contributed by atoms with Crippen molar-refractivity contribution in [3.8, 4) is 0 Å². The SMILES string of the molecule is CN=C(NCCCCC(C)C)NCCCOCC1CCCO1.I. The van der Waals surface area contributed by atoms with Crippen molar-refractivity contribution in [2.24, 2.45) is 10.9 Å². The van der Waals surface area contributed by atoms with E-state index < -0.39 is 0 Å². The summed E-state index contributed by atoms with van der Waals surface area (Å²) in [7, 11) is 1.82. The number of guanidine groups is 1. The highest BCUT2D eigenvalue weighted by Gasteiger charge is 2.14. The molecule has 138 valence electrons. The molecule has 23 heavy (non-hydrogen) atoms. The molecule has 0 bridgehead atoms. The molecular formula is C17H36IN3O2. The van der Waals surface area contributed by atoms with Crippen molar-refractivity contribution in [3.05, 3.63) is 0 Å². The molecule has 0 amide bonds. The molecule has 0 spiro atoms. The number of nitrogens with zero attached hydrogens (tertiary/aromatic N) is 1. The Balaban J connectivity index is 0.00000484. The maximum Gasteiger partial charge on any atom is 0.190 e. The van der Waals surface area contributed by atoms with Crippen LogP contribution in [0.15, 0.2) is 4.99 Å². The summed E-state index contributed by atoms with van der Waals surface area (Å²) in [6, 6.07) is 0. The highest BCUT2D eigenvalue weighted by molar-refractivity contribution is 14.0. The summed E-state index contributed by atoms with van der Waals surface area (Å²) in [5.74, 6) is 1.69. The fourth-order valence-electron chi connectivity index (χ4n) is 2.48. The van der Waals surface area contributed by atoms with Crippen LogP contribution in [0, 0.1) is 5.92 Å². The standard InChI is InChI=1S/C17H35N3O2.HI/c1-15(2)8-4-5-10-19-17(18-3)20-11-7-12-21-14-16-9-6-13-22-16;/h15-16H,4-14H2,1-3H3,(H2,18,19,20);1H. The molecule has 1 saturated heterocycles. The van der Waals surface area contributed by atoms with Crippen LogP contribution in [0.4, 0.5) is 0 Å². The van der Waals surface area contributed by atoms with Crippen LogP contribution in [0.1, 0.15) is 52.4 Å². The highest BCUT2D eigenvalue weighted by atomic mass is 127. The molecule has 0 aliphatic carbocycles. The van der Waals surface area contributed by atoms with Crippen molar-refractivity contribution >= 4 is 29.9 Å². The van der Waals surface area contributed by atoms with Crippen molar-refractivity contribution < 1.29 is 9.47 Å². The van der Waals surface area contributed by atoms with Crippen molar-refractivity contribution in [2.45, 2.75) is 58.5 Å². The lowest BCUT2D eigenvalue weighted by Gasteiger charge is -2.13. The zero-order valence-electron chi connectivity index (χ0n) is 15.1. The zero-order chi connectivity index (χ0) is 16.0. The van der Waals surface area contributed by atoms with Gasteiger partial charge in [0.1, 0.15) is 0 Å². The molecule has 1 rings (SSSR count). The lowest BCUT2D eigenvalue weighted by Crippen LogP contribution is -2.38. The van der Waals surface area contributed by atoms with E-state index in [9.17, 15) is 0 Å². The molecular weight excluding hydrogens is 405 g/mol. The number of aliphatic imine (C=N–C) groups is 1. The number of ether oxygens (including phenoxy) is 2. The van der Waals surface area contributed by atoms with E-state index in [0.717, 1.165) is 57.6 Å². The Hall–Kier alpha value is -0.0800. The highest BCUT2D eigenvalue weighted by Crippen LogP contribution is 2.11. The second kappa shape index (κ2) is 15.4. The summed E-state index contributed by atoms with van der Waals surface area (Å²) in [6.07, 6.45) is 7.41. The summed E-state index contributed by atoms with van der Waals surface area (Å²) >= 11 is 0. The Labute approximate surface area is 159 Å². The van der Waals surface area contributed by atoms with Crippen molar-refractivity contribution in [3.63, 3.8) is 0 Å². The summed E-state index contributed by atoms with van der Waals surface area (Å²) in [6.45, 7) is 8.83. The van der Waals surface area contributed by atoms with Crippen LogP contribution in [-0.2, 0) is 9.47 Å². The predicted octanol–water partition coefficient (Wildman–Crippen LogP) is 3.18. The van der Waals surface area contributed by atoms with E-state index in [1.54, 1.807) is 0 Å². The van der Waals surface area contributed by atoms with E-state index in [1.165, 1.54) is 25.7 Å². The van der Waals surface area contributed by atoms with E-state index >= 15 is 0 Å². The minimum Gasteiger partial charge on any atom is -0.379 e. The molecule has 6 heteroatoms. The van der Waals surface area contributed by atoms with Crippen LogP contribution in [0.25, 0.3) is 0 Å². The number of unbranched alkanes of at least 4 members (excludes halogenated alkanes) is 1. The van der Waals surface area contributed by atoms with Gasteiger partial charge in [-0.3, -0.25) is 4.99 Å². The minimum absolute atomic E-state index is 0. The molecule has 1 unspecified atom stereocenters. The number of rotatable bonds is 11. The van der Waals surface area contributed by atoms with Gasteiger partial charge in [-0.25, -0.2) is 0 Å². The summed E-state index contributed by atoms with van der Waals surface area (Å²) in [5.41, 5.74) is 0. The predicted molar refractivity (Wildman–Crippen MR) is 108 cm³/mol. The second-order valence-corrected chi connectivity index (χ2v) is 6.38. The summed E-state index contributed by atoms with van der Waals surface area (Å²) in [5, 5.41) is 6.68. The van der Waals surface area contributed by atoms with Gasteiger partial charge in [0, 0.05) is 33.4 Å². The monoisotopic (exact) mass is 441 g/mol. The number of hydrogen-bond donors (Lipinski definition) is 2. The van der Waals surface area contributed by atoms with Gasteiger partial charge in [0.15, 0.2) is 5.96 Å². The van der Waals surface area contributed by atoms with Gasteiger partial charge in [0.05, 0.1) is 12.7 Å².